The highest BCUT2D eigenvalue weighted by atomic mass is 35.5. The van der Waals surface area contributed by atoms with Crippen LogP contribution in [0.4, 0.5) is 5.13 Å². The molecule has 2 aromatic rings. The highest BCUT2D eigenvalue weighted by molar-refractivity contribution is 7.14. The fourth-order valence-electron chi connectivity index (χ4n) is 2.10. The molecule has 2 amide bonds. The summed E-state index contributed by atoms with van der Waals surface area (Å²) in [5.74, 6) is 0.218. The number of hydrogen-bond acceptors (Lipinski definition) is 6. The van der Waals surface area contributed by atoms with Gasteiger partial charge in [0.25, 0.3) is 5.91 Å². The van der Waals surface area contributed by atoms with Gasteiger partial charge in [0.15, 0.2) is 5.13 Å². The van der Waals surface area contributed by atoms with E-state index in [9.17, 15) is 9.59 Å². The molecule has 152 valence electrons. The van der Waals surface area contributed by atoms with E-state index in [1.165, 1.54) is 22.7 Å². The Morgan fingerprint density at radius 3 is 2.59 bits per heavy atom. The number of nitrogens with one attached hydrogen (secondary N) is 1. The predicted molar refractivity (Wildman–Crippen MR) is 118 cm³/mol. The maximum Gasteiger partial charge on any atom is 0.267 e. The Morgan fingerprint density at radius 1 is 1.30 bits per heavy atom. The Hall–Kier alpha value is -1.19. The number of rotatable bonds is 8. The van der Waals surface area contributed by atoms with Gasteiger partial charge < -0.3 is 10.6 Å². The van der Waals surface area contributed by atoms with Crippen LogP contribution in [-0.4, -0.2) is 41.3 Å². The number of amides is 2. The van der Waals surface area contributed by atoms with Crippen LogP contribution in [0, 0.1) is 5.92 Å². The number of carbonyl (C=O) groups excluding carboxylic acids is 2. The number of aromatic nitrogens is 1. The first kappa shape index (κ1) is 25.8. The monoisotopic (exact) mass is 452 g/mol. The van der Waals surface area contributed by atoms with E-state index in [1.54, 1.807) is 23.4 Å². The van der Waals surface area contributed by atoms with Crippen molar-refractivity contribution in [2.24, 2.45) is 11.7 Å². The van der Waals surface area contributed by atoms with Crippen LogP contribution in [0.2, 0.25) is 0 Å². The van der Waals surface area contributed by atoms with Gasteiger partial charge in [-0.3, -0.25) is 14.9 Å². The molecule has 0 aliphatic rings. The van der Waals surface area contributed by atoms with Gasteiger partial charge in [-0.1, -0.05) is 19.9 Å². The van der Waals surface area contributed by atoms with Crippen molar-refractivity contribution < 1.29 is 9.59 Å². The summed E-state index contributed by atoms with van der Waals surface area (Å²) < 4.78 is 0. The van der Waals surface area contributed by atoms with Gasteiger partial charge in [-0.05, 0) is 23.8 Å². The number of nitrogens with two attached hydrogens (primary N) is 1. The quantitative estimate of drug-likeness (QED) is 0.638. The van der Waals surface area contributed by atoms with Gasteiger partial charge in [0.1, 0.15) is 0 Å². The second-order valence-corrected chi connectivity index (χ2v) is 8.07. The van der Waals surface area contributed by atoms with Crippen molar-refractivity contribution in [3.8, 4) is 0 Å². The molecule has 0 aliphatic carbocycles. The van der Waals surface area contributed by atoms with Crippen LogP contribution in [0.15, 0.2) is 22.9 Å². The number of carbonyl (C=O) groups is 2. The summed E-state index contributed by atoms with van der Waals surface area (Å²) in [6.45, 7) is 4.78. The molecule has 2 heterocycles. The molecule has 10 heteroatoms. The summed E-state index contributed by atoms with van der Waals surface area (Å²) in [6.07, 6.45) is 0.998. The van der Waals surface area contributed by atoms with Crippen LogP contribution in [0.1, 0.15) is 35.6 Å². The first-order valence-electron chi connectivity index (χ1n) is 8.15. The second kappa shape index (κ2) is 12.3. The molecule has 3 N–H and O–H groups in total. The zero-order valence-corrected chi connectivity index (χ0v) is 18.8. The molecule has 0 saturated heterocycles. The molecule has 0 spiro atoms. The van der Waals surface area contributed by atoms with Crippen LogP contribution >= 0.6 is 47.5 Å². The normalized spacial score (nSPS) is 11.3. The summed E-state index contributed by atoms with van der Waals surface area (Å²) in [5, 5.41) is 6.91. The van der Waals surface area contributed by atoms with Crippen LogP contribution in [-0.2, 0) is 11.2 Å². The molecule has 0 aromatic carbocycles. The number of likely N-dealkylation sites (N-methyl/N-ethyl adjacent to an activating group) is 1. The minimum atomic E-state index is -0.179. The van der Waals surface area contributed by atoms with Crippen molar-refractivity contribution in [2.75, 3.05) is 18.9 Å². The van der Waals surface area contributed by atoms with E-state index in [4.69, 9.17) is 5.73 Å². The number of anilines is 1. The van der Waals surface area contributed by atoms with Gasteiger partial charge in [-0.2, -0.15) is 0 Å². The van der Waals surface area contributed by atoms with Gasteiger partial charge in [-0.25, -0.2) is 4.98 Å². The fraction of sp³-hybridized carbons (Fsp3) is 0.471. The van der Waals surface area contributed by atoms with E-state index < -0.39 is 0 Å². The first-order chi connectivity index (χ1) is 11.9. The molecule has 2 rings (SSSR count). The van der Waals surface area contributed by atoms with Crippen molar-refractivity contribution in [2.45, 2.75) is 32.7 Å². The number of halogens is 2. The first-order valence-corrected chi connectivity index (χ1v) is 9.91. The molecule has 0 bridgehead atoms. The number of hydrogen-bond donors (Lipinski definition) is 2. The van der Waals surface area contributed by atoms with E-state index in [0.717, 1.165) is 6.42 Å². The Kier molecular flexibility index (Phi) is 11.8. The Balaban J connectivity index is 0.00000338. The van der Waals surface area contributed by atoms with Crippen molar-refractivity contribution >= 4 is 64.4 Å². The van der Waals surface area contributed by atoms with Gasteiger partial charge in [-0.15, -0.1) is 47.5 Å². The largest absolute Gasteiger partial charge is 0.345 e. The van der Waals surface area contributed by atoms with E-state index in [1.807, 2.05) is 11.4 Å². The zero-order valence-electron chi connectivity index (χ0n) is 15.5. The summed E-state index contributed by atoms with van der Waals surface area (Å²) in [4.78, 5) is 30.9. The third-order valence-electron chi connectivity index (χ3n) is 3.93. The van der Waals surface area contributed by atoms with Crippen molar-refractivity contribution in [1.29, 1.82) is 0 Å². The second-order valence-electron chi connectivity index (χ2n) is 6.26. The Morgan fingerprint density at radius 2 is 2.00 bits per heavy atom. The summed E-state index contributed by atoms with van der Waals surface area (Å²) in [7, 11) is 1.78. The highest BCUT2D eigenvalue weighted by Gasteiger charge is 2.15. The average Bonchev–Trinajstić information content (AvgIpc) is 3.23. The minimum absolute atomic E-state index is 0. The molecule has 6 nitrogen and oxygen atoms in total. The molecule has 27 heavy (non-hydrogen) atoms. The van der Waals surface area contributed by atoms with E-state index in [0.29, 0.717) is 28.2 Å². The van der Waals surface area contributed by atoms with Crippen LogP contribution in [0.25, 0.3) is 0 Å². The molecular weight excluding hydrogens is 427 g/mol. The average molecular weight is 453 g/mol. The van der Waals surface area contributed by atoms with Gasteiger partial charge in [0.05, 0.1) is 17.0 Å². The van der Waals surface area contributed by atoms with Crippen LogP contribution < -0.4 is 11.1 Å². The minimum Gasteiger partial charge on any atom is -0.345 e. The Labute approximate surface area is 180 Å². The van der Waals surface area contributed by atoms with E-state index >= 15 is 0 Å². The van der Waals surface area contributed by atoms with Crippen molar-refractivity contribution in [1.82, 2.24) is 9.88 Å². The SMILES string of the molecule is CC(C)C(N)CCN(C)C(=O)Cc1csc(NC(=O)c2cccs2)n1.Cl.Cl. The molecule has 0 fully saturated rings. The molecule has 2 aromatic heterocycles. The molecule has 0 radical (unpaired) electrons. The van der Waals surface area contributed by atoms with Crippen LogP contribution in [0.5, 0.6) is 0 Å². The highest BCUT2D eigenvalue weighted by Crippen LogP contribution is 2.18. The lowest BCUT2D eigenvalue weighted by Crippen LogP contribution is -2.35. The maximum absolute atomic E-state index is 12.3. The van der Waals surface area contributed by atoms with E-state index in [-0.39, 0.29) is 49.1 Å². The van der Waals surface area contributed by atoms with Crippen LogP contribution in [0.3, 0.4) is 0 Å². The van der Waals surface area contributed by atoms with Crippen molar-refractivity contribution in [3.63, 3.8) is 0 Å². The smallest absolute Gasteiger partial charge is 0.267 e. The summed E-state index contributed by atoms with van der Waals surface area (Å²) in [5.41, 5.74) is 6.68. The number of thiazole rings is 1. The summed E-state index contributed by atoms with van der Waals surface area (Å²) >= 11 is 2.70. The molecular formula is C17H26Cl2N4O2S2. The van der Waals surface area contributed by atoms with Gasteiger partial charge >= 0.3 is 0 Å². The number of thiophene rings is 1. The summed E-state index contributed by atoms with van der Waals surface area (Å²) in [6, 6.07) is 3.68. The molecule has 0 aliphatic heterocycles. The van der Waals surface area contributed by atoms with Crippen molar-refractivity contribution in [3.05, 3.63) is 33.5 Å². The van der Waals surface area contributed by atoms with E-state index in [2.05, 4.69) is 24.1 Å². The number of nitrogens with zero attached hydrogens (tertiary/aromatic N) is 2. The third kappa shape index (κ3) is 8.15. The third-order valence-corrected chi connectivity index (χ3v) is 5.60. The molecule has 1 atom stereocenters. The standard InChI is InChI=1S/C17H24N4O2S2.2ClH/c1-11(2)13(18)6-7-21(3)15(22)9-12-10-25-17(19-12)20-16(23)14-5-4-8-24-14;;/h4-5,8,10-11,13H,6-7,9,18H2,1-3H3,(H,19,20,23);2*1H. The lowest BCUT2D eigenvalue weighted by molar-refractivity contribution is -0.129. The zero-order chi connectivity index (χ0) is 18.4. The Bertz CT molecular complexity index is 708. The molecule has 0 saturated carbocycles. The lowest BCUT2D eigenvalue weighted by Gasteiger charge is -2.21. The van der Waals surface area contributed by atoms with Gasteiger partial charge in [0.2, 0.25) is 5.91 Å². The van der Waals surface area contributed by atoms with Gasteiger partial charge in [0, 0.05) is 25.0 Å². The topological polar surface area (TPSA) is 88.3 Å². The fourth-order valence-corrected chi connectivity index (χ4v) is 3.43. The predicted octanol–water partition coefficient (Wildman–Crippen LogP) is 3.67. The maximum atomic E-state index is 12.3. The lowest BCUT2D eigenvalue weighted by atomic mass is 10.0. The molecule has 1 unspecified atom stereocenters.